The molecule has 0 fully saturated rings. The lowest BCUT2D eigenvalue weighted by atomic mass is 9.43. The van der Waals surface area contributed by atoms with Crippen LogP contribution in [0.5, 0.6) is 0 Å². The summed E-state index contributed by atoms with van der Waals surface area (Å²) in [6.45, 7) is 29.4. The summed E-state index contributed by atoms with van der Waals surface area (Å²) in [5.74, 6) is 0. The highest BCUT2D eigenvalue weighted by Crippen LogP contribution is 2.56. The Labute approximate surface area is 466 Å². The Balaban J connectivity index is 1.12. The van der Waals surface area contributed by atoms with Gasteiger partial charge in [0.05, 0.1) is 16.7 Å². The summed E-state index contributed by atoms with van der Waals surface area (Å²) >= 11 is 5.99. The second kappa shape index (κ2) is 16.0. The summed E-state index contributed by atoms with van der Waals surface area (Å²) in [4.78, 5) is 0. The minimum atomic E-state index is 0.0489. The average Bonchev–Trinajstić information content (AvgIpc) is 4.14. The maximum atomic E-state index is 4.17. The largest absolute Gasteiger partial charge is 0.355 e. The van der Waals surface area contributed by atoms with Crippen LogP contribution in [0.15, 0.2) is 133 Å². The quantitative estimate of drug-likeness (QED) is 0.174. The van der Waals surface area contributed by atoms with Crippen molar-refractivity contribution < 1.29 is 0 Å². The van der Waals surface area contributed by atoms with Crippen LogP contribution < -0.4 is 15.6 Å². The molecule has 8 aromatic carbocycles. The first-order valence-corrected chi connectivity index (χ1v) is 30.7. The van der Waals surface area contributed by atoms with Crippen LogP contribution in [0.25, 0.3) is 100 Å². The number of hydrogen-bond acceptors (Lipinski definition) is 4. The predicted molar refractivity (Wildman–Crippen MR) is 343 cm³/mol. The fraction of sp³-hybridized carbons (Fsp3) is 0.296. The second-order valence-electron chi connectivity index (χ2n) is 27.1. The molecule has 382 valence electrons. The zero-order valence-electron chi connectivity index (χ0n) is 46.8. The van der Waals surface area contributed by atoms with Gasteiger partial charge in [-0.3, -0.25) is 0 Å². The van der Waals surface area contributed by atoms with Crippen molar-refractivity contribution in [2.24, 2.45) is 0 Å². The van der Waals surface area contributed by atoms with E-state index in [4.69, 9.17) is 0 Å². The maximum Gasteiger partial charge on any atom is 0.225 e. The fourth-order valence-corrected chi connectivity index (χ4v) is 18.1. The van der Waals surface area contributed by atoms with Gasteiger partial charge in [-0.05, 0) is 169 Å². The molecule has 0 bridgehead atoms. The number of aromatic nitrogens is 1. The molecule has 2 aliphatic carbocycles. The van der Waals surface area contributed by atoms with Crippen LogP contribution in [-0.4, -0.2) is 11.3 Å². The maximum absolute atomic E-state index is 4.17. The van der Waals surface area contributed by atoms with Gasteiger partial charge in [-0.2, -0.15) is 0 Å². The van der Waals surface area contributed by atoms with Crippen LogP contribution >= 0.6 is 34.0 Å². The average molecular weight is 1060 g/mol. The Morgan fingerprint density at radius 2 is 1.10 bits per heavy atom. The molecule has 4 aromatic heterocycles. The molecule has 3 aliphatic rings. The number of anilines is 2. The lowest BCUT2D eigenvalue weighted by Gasteiger charge is -2.42. The highest BCUT2D eigenvalue weighted by molar-refractivity contribution is 7.32. The van der Waals surface area contributed by atoms with Crippen LogP contribution in [0, 0.1) is 0 Å². The summed E-state index contributed by atoms with van der Waals surface area (Å²) < 4.78 is 11.0. The molecule has 5 heterocycles. The van der Waals surface area contributed by atoms with Crippen molar-refractivity contribution in [3.63, 3.8) is 0 Å². The lowest BCUT2D eigenvalue weighted by molar-refractivity contribution is 0.332. The molecule has 0 radical (unpaired) electrons. The molecular weight excluding hydrogens is 988 g/mol. The first-order chi connectivity index (χ1) is 36.7. The normalized spacial score (nSPS) is 17.3. The predicted octanol–water partition coefficient (Wildman–Crippen LogP) is 20.4. The van der Waals surface area contributed by atoms with Gasteiger partial charge in [-0.15, -0.1) is 34.0 Å². The van der Waals surface area contributed by atoms with E-state index >= 15 is 0 Å². The third kappa shape index (κ3) is 6.90. The van der Waals surface area contributed by atoms with Gasteiger partial charge in [0.15, 0.2) is 0 Å². The van der Waals surface area contributed by atoms with E-state index in [0.29, 0.717) is 0 Å². The number of nitrogens with one attached hydrogen (secondary N) is 1. The lowest BCUT2D eigenvalue weighted by Crippen LogP contribution is -2.45. The SMILES string of the molecule is CB1c2sc3ccc(-c4ccccc4)cc3c2-n2c3cc4c(cc3c3c5sc6ccccc6c5c(-c5cc6c(cc5Nc5ccc(C(C)(C)C)cc5)sc5cc7c(cc56)C(C)(C)CCC7(C)C)c1c32)C(C)(C)CCC4(C)C. The highest BCUT2D eigenvalue weighted by Gasteiger charge is 2.42. The molecule has 0 atom stereocenters. The first-order valence-electron chi connectivity index (χ1n) is 28.2. The van der Waals surface area contributed by atoms with Crippen LogP contribution in [0.4, 0.5) is 11.4 Å². The van der Waals surface area contributed by atoms with E-state index in [1.165, 1.54) is 164 Å². The highest BCUT2D eigenvalue weighted by atomic mass is 32.1. The molecule has 2 nitrogen and oxygen atoms in total. The van der Waals surface area contributed by atoms with Gasteiger partial charge < -0.3 is 9.88 Å². The third-order valence-electron chi connectivity index (χ3n) is 19.3. The van der Waals surface area contributed by atoms with Gasteiger partial charge in [0.2, 0.25) is 6.71 Å². The third-order valence-corrected chi connectivity index (χ3v) is 22.9. The summed E-state index contributed by atoms with van der Waals surface area (Å²) in [5, 5.41) is 13.8. The number of hydrogen-bond donors (Lipinski definition) is 1. The van der Waals surface area contributed by atoms with Crippen molar-refractivity contribution in [1.82, 2.24) is 4.57 Å². The first kappa shape index (κ1) is 48.0. The van der Waals surface area contributed by atoms with Crippen molar-refractivity contribution in [3.05, 3.63) is 161 Å². The van der Waals surface area contributed by atoms with Crippen molar-refractivity contribution in [2.75, 3.05) is 5.32 Å². The molecule has 0 spiro atoms. The van der Waals surface area contributed by atoms with E-state index in [9.17, 15) is 0 Å². The monoisotopic (exact) mass is 1050 g/mol. The summed E-state index contributed by atoms with van der Waals surface area (Å²) in [6, 6.07) is 52.5. The van der Waals surface area contributed by atoms with E-state index in [-0.39, 0.29) is 33.8 Å². The Bertz CT molecular complexity index is 4520. The van der Waals surface area contributed by atoms with Crippen molar-refractivity contribution >= 4 is 135 Å². The topological polar surface area (TPSA) is 17.0 Å². The van der Waals surface area contributed by atoms with Crippen molar-refractivity contribution in [3.8, 4) is 27.9 Å². The van der Waals surface area contributed by atoms with E-state index in [1.54, 1.807) is 0 Å². The Morgan fingerprint density at radius 3 is 1.79 bits per heavy atom. The van der Waals surface area contributed by atoms with Gasteiger partial charge in [-0.25, -0.2) is 0 Å². The summed E-state index contributed by atoms with van der Waals surface area (Å²) in [5.41, 5.74) is 20.8. The Morgan fingerprint density at radius 1 is 0.506 bits per heavy atom. The molecule has 1 N–H and O–H groups in total. The van der Waals surface area contributed by atoms with E-state index in [1.807, 2.05) is 34.0 Å². The molecule has 0 saturated heterocycles. The zero-order valence-corrected chi connectivity index (χ0v) is 49.2. The van der Waals surface area contributed by atoms with Crippen LogP contribution in [-0.2, 0) is 27.1 Å². The molecule has 77 heavy (non-hydrogen) atoms. The molecule has 0 unspecified atom stereocenters. The van der Waals surface area contributed by atoms with Gasteiger partial charge in [-0.1, -0.05) is 150 Å². The molecule has 0 saturated carbocycles. The molecular formula is C71H67BN2S3. The van der Waals surface area contributed by atoms with Crippen molar-refractivity contribution in [1.29, 1.82) is 0 Å². The fourth-order valence-electron chi connectivity index (χ4n) is 14.5. The number of nitrogens with zero attached hydrogens (tertiary/aromatic N) is 1. The molecule has 1 aliphatic heterocycles. The number of fused-ring (bicyclic) bond motifs is 16. The summed E-state index contributed by atoms with van der Waals surface area (Å²) in [6.07, 6.45) is 4.74. The summed E-state index contributed by atoms with van der Waals surface area (Å²) in [7, 11) is 0. The minimum Gasteiger partial charge on any atom is -0.355 e. The van der Waals surface area contributed by atoms with Gasteiger partial charge in [0.1, 0.15) is 0 Å². The van der Waals surface area contributed by atoms with Crippen LogP contribution in [0.3, 0.4) is 0 Å². The molecule has 12 aromatic rings. The van der Waals surface area contributed by atoms with Crippen LogP contribution in [0.2, 0.25) is 6.82 Å². The van der Waals surface area contributed by atoms with E-state index < -0.39 is 0 Å². The van der Waals surface area contributed by atoms with Crippen LogP contribution in [0.1, 0.15) is 130 Å². The molecule has 6 heteroatoms. The Hall–Kier alpha value is -6.18. The van der Waals surface area contributed by atoms with Gasteiger partial charge >= 0.3 is 0 Å². The van der Waals surface area contributed by atoms with E-state index in [0.717, 1.165) is 11.4 Å². The van der Waals surface area contributed by atoms with E-state index in [2.05, 4.69) is 226 Å². The second-order valence-corrected chi connectivity index (χ2v) is 30.3. The molecule has 0 amide bonds. The number of thiophene rings is 3. The number of benzene rings is 8. The van der Waals surface area contributed by atoms with Gasteiger partial charge in [0.25, 0.3) is 0 Å². The Kier molecular flexibility index (Phi) is 9.97. The zero-order chi connectivity index (χ0) is 53.0. The number of rotatable bonds is 4. The molecule has 15 rings (SSSR count). The standard InChI is InChI=1S/C71H67BN2S3/c1-67(2,3)41-23-25-42(26-24-41)73-53-38-58-44(45-34-49-52(37-57(45)75-58)71(10,11)31-29-68(49,4)5)33-46(53)59-60-43-20-16-17-21-55(43)76-65(60)61-47-35-50-51(70(8,9)30-28-69(50,6)7)36-54(47)74-63-48-32-40(39-18-14-13-15-19-39)22-27-56(48)77-66(63)72(12)62(59)64(61)74/h13-27,32-38,73H,28-31H2,1-12H3. The smallest absolute Gasteiger partial charge is 0.225 e. The van der Waals surface area contributed by atoms with Crippen molar-refractivity contribution in [2.45, 2.75) is 136 Å². The van der Waals surface area contributed by atoms with Gasteiger partial charge in [0, 0.05) is 82.9 Å². The minimum absolute atomic E-state index is 0.0489.